The summed E-state index contributed by atoms with van der Waals surface area (Å²) in [7, 11) is 3.54. The molecule has 35 heavy (non-hydrogen) atoms. The number of fused-ring (bicyclic) bond motifs is 1. The van der Waals surface area contributed by atoms with E-state index in [-0.39, 0.29) is 23.7 Å². The van der Waals surface area contributed by atoms with Crippen LogP contribution in [0.3, 0.4) is 0 Å². The van der Waals surface area contributed by atoms with Crippen LogP contribution in [0.5, 0.6) is 5.75 Å². The Morgan fingerprint density at radius 1 is 1.17 bits per heavy atom. The van der Waals surface area contributed by atoms with Crippen molar-refractivity contribution in [2.45, 2.75) is 57.2 Å². The molecule has 0 radical (unpaired) electrons. The lowest BCUT2D eigenvalue weighted by atomic mass is 9.95. The minimum Gasteiger partial charge on any atom is -0.497 e. The molecule has 1 amide bonds. The molecule has 0 spiro atoms. The number of amides is 1. The third kappa shape index (κ3) is 6.05. The van der Waals surface area contributed by atoms with Gasteiger partial charge in [0, 0.05) is 18.3 Å². The Bertz CT molecular complexity index is 1200. The van der Waals surface area contributed by atoms with E-state index in [2.05, 4.69) is 15.5 Å². The average molecular weight is 515 g/mol. The topological polar surface area (TPSA) is 95.3 Å². The number of methoxy groups -OCH3 is 1. The largest absolute Gasteiger partial charge is 0.497 e. The van der Waals surface area contributed by atoms with Crippen LogP contribution in [-0.2, 0) is 35.8 Å². The number of thioether (sulfide) groups is 1. The molecule has 1 aliphatic carbocycles. The van der Waals surface area contributed by atoms with Gasteiger partial charge >= 0.3 is 5.97 Å². The molecular formula is C25H30N4O4S2. The van der Waals surface area contributed by atoms with Gasteiger partial charge in [0.05, 0.1) is 24.5 Å². The number of aromatic nitrogens is 3. The smallest absolute Gasteiger partial charge is 0.341 e. The molecule has 0 atom stereocenters. The number of hydrogen-bond donors (Lipinski definition) is 1. The van der Waals surface area contributed by atoms with Gasteiger partial charge in [0.1, 0.15) is 16.6 Å². The van der Waals surface area contributed by atoms with Crippen molar-refractivity contribution < 1.29 is 19.1 Å². The van der Waals surface area contributed by atoms with Gasteiger partial charge in [-0.2, -0.15) is 0 Å². The van der Waals surface area contributed by atoms with Gasteiger partial charge < -0.3 is 19.4 Å². The molecule has 0 bridgehead atoms. The molecule has 1 aromatic carbocycles. The van der Waals surface area contributed by atoms with E-state index in [1.54, 1.807) is 7.11 Å². The fourth-order valence-corrected chi connectivity index (χ4v) is 6.01. The number of carbonyl (C=O) groups is 2. The van der Waals surface area contributed by atoms with Crippen molar-refractivity contribution in [3.8, 4) is 5.75 Å². The third-order valence-electron chi connectivity index (χ3n) is 5.75. The number of hydrogen-bond acceptors (Lipinski definition) is 8. The van der Waals surface area contributed by atoms with Crippen LogP contribution < -0.4 is 10.1 Å². The molecule has 1 aliphatic rings. The van der Waals surface area contributed by atoms with E-state index in [9.17, 15) is 9.59 Å². The molecule has 8 nitrogen and oxygen atoms in total. The number of carbonyl (C=O) groups excluding carboxylic acids is 2. The molecule has 0 saturated carbocycles. The second-order valence-electron chi connectivity index (χ2n) is 8.69. The molecule has 0 unspecified atom stereocenters. The highest BCUT2D eigenvalue weighted by Crippen LogP contribution is 2.39. The van der Waals surface area contributed by atoms with E-state index in [1.807, 2.05) is 49.7 Å². The molecular weight excluding hydrogens is 484 g/mol. The predicted octanol–water partition coefficient (Wildman–Crippen LogP) is 4.65. The molecule has 4 rings (SSSR count). The first-order valence-electron chi connectivity index (χ1n) is 11.6. The minimum atomic E-state index is -0.362. The Hall–Kier alpha value is -2.85. The number of anilines is 1. The second-order valence-corrected chi connectivity index (χ2v) is 10.7. The number of rotatable bonds is 9. The molecule has 2 aromatic heterocycles. The van der Waals surface area contributed by atoms with Gasteiger partial charge in [-0.15, -0.1) is 21.5 Å². The van der Waals surface area contributed by atoms with Gasteiger partial charge in [-0.3, -0.25) is 4.79 Å². The first kappa shape index (κ1) is 25.2. The van der Waals surface area contributed by atoms with Crippen LogP contribution in [0.4, 0.5) is 5.00 Å². The van der Waals surface area contributed by atoms with E-state index in [1.165, 1.54) is 28.0 Å². The summed E-state index contributed by atoms with van der Waals surface area (Å²) in [6, 6.07) is 7.82. The zero-order chi connectivity index (χ0) is 24.9. The second kappa shape index (κ2) is 11.3. The molecule has 10 heteroatoms. The molecule has 3 aromatic rings. The maximum Gasteiger partial charge on any atom is 0.341 e. The number of nitrogens with one attached hydrogen (secondary N) is 1. The summed E-state index contributed by atoms with van der Waals surface area (Å²) in [4.78, 5) is 26.8. The highest BCUT2D eigenvalue weighted by molar-refractivity contribution is 7.99. The molecule has 0 aliphatic heterocycles. The Morgan fingerprint density at radius 3 is 2.63 bits per heavy atom. The van der Waals surface area contributed by atoms with Crippen molar-refractivity contribution >= 4 is 40.0 Å². The highest BCUT2D eigenvalue weighted by Gasteiger charge is 2.28. The third-order valence-corrected chi connectivity index (χ3v) is 7.98. The molecule has 1 N–H and O–H groups in total. The van der Waals surface area contributed by atoms with Crippen molar-refractivity contribution in [3.05, 3.63) is 51.7 Å². The lowest BCUT2D eigenvalue weighted by Gasteiger charge is -2.14. The van der Waals surface area contributed by atoms with Crippen LogP contribution in [0.15, 0.2) is 29.4 Å². The lowest BCUT2D eigenvalue weighted by molar-refractivity contribution is -0.113. The summed E-state index contributed by atoms with van der Waals surface area (Å²) in [6.45, 7) is 3.66. The summed E-state index contributed by atoms with van der Waals surface area (Å²) in [6.07, 6.45) is 4.32. The first-order valence-corrected chi connectivity index (χ1v) is 13.4. The summed E-state index contributed by atoms with van der Waals surface area (Å²) in [5, 5.41) is 12.8. The molecule has 0 saturated heterocycles. The monoisotopic (exact) mass is 514 g/mol. The minimum absolute atomic E-state index is 0.162. The van der Waals surface area contributed by atoms with Crippen LogP contribution in [0, 0.1) is 0 Å². The van der Waals surface area contributed by atoms with Gasteiger partial charge in [-0.1, -0.05) is 23.9 Å². The summed E-state index contributed by atoms with van der Waals surface area (Å²) >= 11 is 2.81. The fourth-order valence-electron chi connectivity index (χ4n) is 3.99. The highest BCUT2D eigenvalue weighted by atomic mass is 32.2. The van der Waals surface area contributed by atoms with E-state index in [4.69, 9.17) is 9.47 Å². The van der Waals surface area contributed by atoms with E-state index in [0.29, 0.717) is 22.1 Å². The van der Waals surface area contributed by atoms with Crippen molar-refractivity contribution in [2.75, 3.05) is 18.2 Å². The standard InChI is InChI=1S/C25H30N4O4S2/c1-15(2)33-24(31)22-18-7-5-6-8-19(18)35-23(22)26-21(30)14-34-25-28-27-20(29(25)3)13-16-9-11-17(32-4)12-10-16/h9-12,15H,5-8,13-14H2,1-4H3,(H,26,30). The Balaban J connectivity index is 1.41. The van der Waals surface area contributed by atoms with E-state index < -0.39 is 0 Å². The maximum absolute atomic E-state index is 12.8. The zero-order valence-corrected chi connectivity index (χ0v) is 22.1. The number of nitrogens with zero attached hydrogens (tertiary/aromatic N) is 3. The zero-order valence-electron chi connectivity index (χ0n) is 20.4. The Kier molecular flexibility index (Phi) is 8.12. The van der Waals surface area contributed by atoms with Crippen molar-refractivity contribution in [3.63, 3.8) is 0 Å². The quantitative estimate of drug-likeness (QED) is 0.328. The summed E-state index contributed by atoms with van der Waals surface area (Å²) < 4.78 is 12.6. The first-order chi connectivity index (χ1) is 16.9. The summed E-state index contributed by atoms with van der Waals surface area (Å²) in [5.41, 5.74) is 2.65. The van der Waals surface area contributed by atoms with Crippen LogP contribution >= 0.6 is 23.1 Å². The number of ether oxygens (including phenoxy) is 2. The van der Waals surface area contributed by atoms with E-state index >= 15 is 0 Å². The number of esters is 1. The summed E-state index contributed by atoms with van der Waals surface area (Å²) in [5.74, 6) is 1.23. The fraction of sp³-hybridized carbons (Fsp3) is 0.440. The van der Waals surface area contributed by atoms with E-state index in [0.717, 1.165) is 48.4 Å². The Morgan fingerprint density at radius 2 is 1.91 bits per heavy atom. The SMILES string of the molecule is COc1ccc(Cc2nnc(SCC(=O)Nc3sc4c(c3C(=O)OC(C)C)CCCC4)n2C)cc1. The van der Waals surface area contributed by atoms with Crippen molar-refractivity contribution in [2.24, 2.45) is 7.05 Å². The van der Waals surface area contributed by atoms with Crippen LogP contribution in [0.2, 0.25) is 0 Å². The van der Waals surface area contributed by atoms with Crippen LogP contribution in [0.25, 0.3) is 0 Å². The number of thiophene rings is 1. The van der Waals surface area contributed by atoms with Gasteiger partial charge in [-0.05, 0) is 62.8 Å². The molecule has 0 fully saturated rings. The number of benzene rings is 1. The van der Waals surface area contributed by atoms with Crippen molar-refractivity contribution in [1.82, 2.24) is 14.8 Å². The van der Waals surface area contributed by atoms with Gasteiger partial charge in [0.2, 0.25) is 5.91 Å². The van der Waals surface area contributed by atoms with Crippen molar-refractivity contribution in [1.29, 1.82) is 0 Å². The predicted molar refractivity (Wildman–Crippen MR) is 138 cm³/mol. The lowest BCUT2D eigenvalue weighted by Crippen LogP contribution is -2.19. The maximum atomic E-state index is 12.8. The average Bonchev–Trinajstić information content (AvgIpc) is 3.37. The van der Waals surface area contributed by atoms with Gasteiger partial charge in [-0.25, -0.2) is 4.79 Å². The van der Waals surface area contributed by atoms with Crippen LogP contribution in [-0.4, -0.2) is 45.6 Å². The van der Waals surface area contributed by atoms with Gasteiger partial charge in [0.25, 0.3) is 0 Å². The normalized spacial score (nSPS) is 12.9. The molecule has 186 valence electrons. The van der Waals surface area contributed by atoms with Crippen LogP contribution in [0.1, 0.15) is 58.9 Å². The number of aryl methyl sites for hydroxylation is 1. The Labute approximate surface area is 213 Å². The van der Waals surface area contributed by atoms with Gasteiger partial charge in [0.15, 0.2) is 5.16 Å². The molecule has 2 heterocycles.